The van der Waals surface area contributed by atoms with E-state index >= 15 is 0 Å². The third-order valence-electron chi connectivity index (χ3n) is 6.20. The Labute approximate surface area is 207 Å². The highest BCUT2D eigenvalue weighted by Gasteiger charge is 2.24. The molecule has 1 N–H and O–H groups in total. The minimum absolute atomic E-state index is 0.0663. The van der Waals surface area contributed by atoms with Crippen molar-refractivity contribution in [3.05, 3.63) is 95.6 Å². The lowest BCUT2D eigenvalue weighted by atomic mass is 10.0. The second-order valence-corrected chi connectivity index (χ2v) is 10.7. The van der Waals surface area contributed by atoms with Gasteiger partial charge in [0.05, 0.1) is 29.8 Å². The first-order valence-electron chi connectivity index (χ1n) is 11.7. The number of ether oxygens (including phenoxy) is 1. The predicted molar refractivity (Wildman–Crippen MR) is 137 cm³/mol. The number of hydrogen-bond acceptors (Lipinski definition) is 5. The molecule has 8 heteroatoms. The molecule has 1 fully saturated rings. The van der Waals surface area contributed by atoms with E-state index in [2.05, 4.69) is 10.2 Å². The Kier molecular flexibility index (Phi) is 7.85. The van der Waals surface area contributed by atoms with Crippen LogP contribution in [0.3, 0.4) is 0 Å². The monoisotopic (exact) mass is 493 g/mol. The van der Waals surface area contributed by atoms with Crippen molar-refractivity contribution in [1.29, 1.82) is 0 Å². The number of anilines is 1. The molecule has 184 valence electrons. The maximum atomic E-state index is 13.3. The number of aryl methyl sites for hydroxylation is 1. The van der Waals surface area contributed by atoms with Crippen molar-refractivity contribution >= 4 is 21.6 Å². The summed E-state index contributed by atoms with van der Waals surface area (Å²) >= 11 is 0. The molecule has 0 radical (unpaired) electrons. The molecule has 0 aliphatic carbocycles. The van der Waals surface area contributed by atoms with E-state index in [0.717, 1.165) is 24.2 Å². The Bertz CT molecular complexity index is 1240. The second kappa shape index (κ2) is 11.0. The van der Waals surface area contributed by atoms with Gasteiger partial charge in [0.2, 0.25) is 0 Å². The first kappa shape index (κ1) is 24.9. The molecule has 1 amide bonds. The summed E-state index contributed by atoms with van der Waals surface area (Å²) in [6, 6.07) is 22.9. The van der Waals surface area contributed by atoms with E-state index < -0.39 is 10.0 Å². The maximum absolute atomic E-state index is 13.3. The molecule has 1 aliphatic heterocycles. The Morgan fingerprint density at radius 1 is 1.00 bits per heavy atom. The Morgan fingerprint density at radius 2 is 1.69 bits per heavy atom. The molecule has 0 aromatic heterocycles. The van der Waals surface area contributed by atoms with E-state index in [1.54, 1.807) is 36.4 Å². The lowest BCUT2D eigenvalue weighted by molar-refractivity contribution is 0.0332. The molecule has 1 aliphatic rings. The molecule has 0 saturated carbocycles. The second-order valence-electron chi connectivity index (χ2n) is 8.69. The number of nitrogens with one attached hydrogen (secondary N) is 1. The number of sulfonamides is 1. The van der Waals surface area contributed by atoms with Gasteiger partial charge in [-0.2, -0.15) is 0 Å². The minimum atomic E-state index is -3.82. The van der Waals surface area contributed by atoms with Gasteiger partial charge in [0.1, 0.15) is 0 Å². The summed E-state index contributed by atoms with van der Waals surface area (Å²) in [7, 11) is -2.32. The van der Waals surface area contributed by atoms with Gasteiger partial charge in [-0.1, -0.05) is 54.1 Å². The molecule has 3 aromatic rings. The van der Waals surface area contributed by atoms with Gasteiger partial charge < -0.3 is 10.1 Å². The van der Waals surface area contributed by atoms with E-state index in [-0.39, 0.29) is 16.8 Å². The third kappa shape index (κ3) is 6.08. The SMILES string of the molecule is Cc1ccc([C@H](CN2CCOCC2)NC(=O)c2cccc(S(=O)(=O)N(C)c3ccccc3)c2)cc1. The molecule has 3 aromatic carbocycles. The number of benzene rings is 3. The number of nitrogens with zero attached hydrogens (tertiary/aromatic N) is 2. The zero-order valence-electron chi connectivity index (χ0n) is 20.1. The summed E-state index contributed by atoms with van der Waals surface area (Å²) in [6.45, 7) is 5.62. The van der Waals surface area contributed by atoms with Gasteiger partial charge in [0.25, 0.3) is 15.9 Å². The van der Waals surface area contributed by atoms with Crippen molar-refractivity contribution in [3.8, 4) is 0 Å². The van der Waals surface area contributed by atoms with Crippen molar-refractivity contribution in [2.75, 3.05) is 44.2 Å². The van der Waals surface area contributed by atoms with Gasteiger partial charge in [-0.25, -0.2) is 8.42 Å². The van der Waals surface area contributed by atoms with Crippen LogP contribution in [0.15, 0.2) is 83.8 Å². The van der Waals surface area contributed by atoms with Crippen LogP contribution >= 0.6 is 0 Å². The van der Waals surface area contributed by atoms with Gasteiger partial charge in [0, 0.05) is 32.2 Å². The first-order valence-corrected chi connectivity index (χ1v) is 13.1. The number of amides is 1. The predicted octanol–water partition coefficient (Wildman–Crippen LogP) is 3.62. The van der Waals surface area contributed by atoms with E-state index in [4.69, 9.17) is 4.74 Å². The van der Waals surface area contributed by atoms with E-state index in [1.165, 1.54) is 23.5 Å². The molecule has 35 heavy (non-hydrogen) atoms. The highest BCUT2D eigenvalue weighted by Crippen LogP contribution is 2.23. The average Bonchev–Trinajstić information content (AvgIpc) is 2.89. The van der Waals surface area contributed by atoms with Crippen LogP contribution in [0.1, 0.15) is 27.5 Å². The van der Waals surface area contributed by atoms with Gasteiger partial charge in [-0.05, 0) is 42.8 Å². The Hall–Kier alpha value is -3.20. The van der Waals surface area contributed by atoms with Gasteiger partial charge >= 0.3 is 0 Å². The fourth-order valence-electron chi connectivity index (χ4n) is 4.05. The average molecular weight is 494 g/mol. The van der Waals surface area contributed by atoms with E-state index in [9.17, 15) is 13.2 Å². The largest absolute Gasteiger partial charge is 0.379 e. The van der Waals surface area contributed by atoms with Crippen LogP contribution in [0, 0.1) is 6.92 Å². The van der Waals surface area contributed by atoms with Crippen LogP contribution in [0.5, 0.6) is 0 Å². The lowest BCUT2D eigenvalue weighted by Gasteiger charge is -2.31. The highest BCUT2D eigenvalue weighted by atomic mass is 32.2. The quantitative estimate of drug-likeness (QED) is 0.519. The standard InChI is InChI=1S/C27H31N3O4S/c1-21-11-13-22(14-12-21)26(20-30-15-17-34-18-16-30)28-27(31)23-7-6-10-25(19-23)35(32,33)29(2)24-8-4-3-5-9-24/h3-14,19,26H,15-18,20H2,1-2H3,(H,28,31)/t26-/m0/s1. The molecule has 1 heterocycles. The molecule has 0 spiro atoms. The van der Waals surface area contributed by atoms with Crippen LogP contribution in [-0.4, -0.2) is 59.1 Å². The molecular weight excluding hydrogens is 462 g/mol. The third-order valence-corrected chi connectivity index (χ3v) is 7.99. The lowest BCUT2D eigenvalue weighted by Crippen LogP contribution is -2.43. The fourth-order valence-corrected chi connectivity index (χ4v) is 5.29. The Morgan fingerprint density at radius 3 is 2.37 bits per heavy atom. The zero-order valence-corrected chi connectivity index (χ0v) is 20.9. The Balaban J connectivity index is 1.56. The minimum Gasteiger partial charge on any atom is -0.379 e. The van der Waals surface area contributed by atoms with Crippen molar-refractivity contribution in [2.45, 2.75) is 17.9 Å². The number of morpholine rings is 1. The first-order chi connectivity index (χ1) is 16.8. The summed E-state index contributed by atoms with van der Waals surface area (Å²) in [5.41, 5.74) is 2.99. The molecule has 4 rings (SSSR count). The number of carbonyl (C=O) groups is 1. The van der Waals surface area contributed by atoms with E-state index in [0.29, 0.717) is 31.0 Å². The number of hydrogen-bond donors (Lipinski definition) is 1. The van der Waals surface area contributed by atoms with Crippen LogP contribution < -0.4 is 9.62 Å². The van der Waals surface area contributed by atoms with Gasteiger partial charge in [-0.15, -0.1) is 0 Å². The van der Waals surface area contributed by atoms with E-state index in [1.807, 2.05) is 37.3 Å². The molecular formula is C27H31N3O4S. The highest BCUT2D eigenvalue weighted by molar-refractivity contribution is 7.92. The van der Waals surface area contributed by atoms with Gasteiger partial charge in [0.15, 0.2) is 0 Å². The number of rotatable bonds is 8. The summed E-state index contributed by atoms with van der Waals surface area (Å²) in [5, 5.41) is 3.13. The van der Waals surface area contributed by atoms with Crippen LogP contribution in [0.4, 0.5) is 5.69 Å². The van der Waals surface area contributed by atoms with Crippen molar-refractivity contribution in [3.63, 3.8) is 0 Å². The normalized spacial score (nSPS) is 15.4. The molecule has 0 bridgehead atoms. The van der Waals surface area contributed by atoms with Crippen LogP contribution in [0.2, 0.25) is 0 Å². The molecule has 0 unspecified atom stereocenters. The molecule has 7 nitrogen and oxygen atoms in total. The van der Waals surface area contributed by atoms with Crippen LogP contribution in [-0.2, 0) is 14.8 Å². The van der Waals surface area contributed by atoms with Gasteiger partial charge in [-0.3, -0.25) is 14.0 Å². The molecule has 1 saturated heterocycles. The number of carbonyl (C=O) groups excluding carboxylic acids is 1. The van der Waals surface area contributed by atoms with Crippen molar-refractivity contribution < 1.29 is 17.9 Å². The maximum Gasteiger partial charge on any atom is 0.264 e. The smallest absolute Gasteiger partial charge is 0.264 e. The topological polar surface area (TPSA) is 79.0 Å². The zero-order chi connectivity index (χ0) is 24.8. The number of para-hydroxylation sites is 1. The summed E-state index contributed by atoms with van der Waals surface area (Å²) in [4.78, 5) is 15.6. The summed E-state index contributed by atoms with van der Waals surface area (Å²) < 4.78 is 33.1. The summed E-state index contributed by atoms with van der Waals surface area (Å²) in [6.07, 6.45) is 0. The molecule has 1 atom stereocenters. The van der Waals surface area contributed by atoms with Crippen molar-refractivity contribution in [2.24, 2.45) is 0 Å². The summed E-state index contributed by atoms with van der Waals surface area (Å²) in [5.74, 6) is -0.316. The van der Waals surface area contributed by atoms with Crippen molar-refractivity contribution in [1.82, 2.24) is 10.2 Å². The fraction of sp³-hybridized carbons (Fsp3) is 0.296. The van der Waals surface area contributed by atoms with Crippen LogP contribution in [0.25, 0.3) is 0 Å².